The molecule has 0 amide bonds. The second-order valence-electron chi connectivity index (χ2n) is 7.52. The first-order valence-corrected chi connectivity index (χ1v) is 10.1. The Kier molecular flexibility index (Phi) is 4.80. The Morgan fingerprint density at radius 1 is 0.871 bits per heavy atom. The zero-order chi connectivity index (χ0) is 21.2. The van der Waals surface area contributed by atoms with Crippen LogP contribution in [0.1, 0.15) is 0 Å². The van der Waals surface area contributed by atoms with Gasteiger partial charge < -0.3 is 15.2 Å². The number of aromatic amines is 1. The fraction of sp³-hybridized carbons (Fsp3) is 0.0800. The maximum atomic E-state index is 4.80. The Hall–Kier alpha value is -4.19. The average Bonchev–Trinajstić information content (AvgIpc) is 3.24. The van der Waals surface area contributed by atoms with Gasteiger partial charge in [-0.2, -0.15) is 0 Å². The summed E-state index contributed by atoms with van der Waals surface area (Å²) >= 11 is 0. The van der Waals surface area contributed by atoms with E-state index in [0.717, 1.165) is 50.7 Å². The van der Waals surface area contributed by atoms with Crippen LogP contribution >= 0.6 is 0 Å². The molecule has 0 atom stereocenters. The van der Waals surface area contributed by atoms with Crippen LogP contribution in [0.3, 0.4) is 0 Å². The molecule has 31 heavy (non-hydrogen) atoms. The number of fused-ring (bicyclic) bond motifs is 1. The molecule has 0 saturated heterocycles. The monoisotopic (exact) mass is 406 g/mol. The fourth-order valence-electron chi connectivity index (χ4n) is 3.61. The van der Waals surface area contributed by atoms with Crippen molar-refractivity contribution in [3.8, 4) is 22.6 Å². The minimum atomic E-state index is 0.853. The van der Waals surface area contributed by atoms with E-state index in [1.165, 1.54) is 0 Å². The van der Waals surface area contributed by atoms with Gasteiger partial charge in [0.05, 0.1) is 22.9 Å². The number of nitrogens with one attached hydrogen (secondary N) is 2. The molecule has 0 saturated carbocycles. The molecule has 0 radical (unpaired) electrons. The Morgan fingerprint density at radius 2 is 1.68 bits per heavy atom. The number of hydrogen-bond acceptors (Lipinski definition) is 5. The molecular formula is C25H22N6. The lowest BCUT2D eigenvalue weighted by Crippen LogP contribution is -2.10. The van der Waals surface area contributed by atoms with Crippen LogP contribution in [0.2, 0.25) is 0 Å². The van der Waals surface area contributed by atoms with Gasteiger partial charge in [-0.3, -0.25) is 9.97 Å². The Balaban J connectivity index is 1.47. The molecule has 2 heterocycles. The third kappa shape index (κ3) is 3.83. The van der Waals surface area contributed by atoms with Crippen LogP contribution in [0.4, 0.5) is 17.1 Å². The van der Waals surface area contributed by atoms with E-state index in [0.29, 0.717) is 0 Å². The third-order valence-electron chi connectivity index (χ3n) is 5.16. The van der Waals surface area contributed by atoms with Crippen LogP contribution in [0.25, 0.3) is 33.7 Å². The molecule has 6 heteroatoms. The first-order valence-electron chi connectivity index (χ1n) is 10.1. The van der Waals surface area contributed by atoms with Gasteiger partial charge in [0, 0.05) is 54.7 Å². The third-order valence-corrected chi connectivity index (χ3v) is 5.16. The number of nitrogens with zero attached hydrogens (tertiary/aromatic N) is 4. The van der Waals surface area contributed by atoms with Crippen molar-refractivity contribution in [2.24, 2.45) is 0 Å². The van der Waals surface area contributed by atoms with Gasteiger partial charge in [-0.25, -0.2) is 4.98 Å². The molecule has 0 aliphatic rings. The minimum absolute atomic E-state index is 0.853. The largest absolute Gasteiger partial charge is 0.377 e. The average molecular weight is 406 g/mol. The Morgan fingerprint density at radius 3 is 2.42 bits per heavy atom. The van der Waals surface area contributed by atoms with Crippen molar-refractivity contribution >= 4 is 28.1 Å². The standard InChI is InChI=1S/C25H22N6/c1-31(2)24-12-11-19(15-20(24)25-29-21-5-3-4-6-22(21)30-25)28-18-9-7-17(8-10-18)23-16-26-13-14-27-23/h3-16,28H,1-2H3,(H,29,30). The minimum Gasteiger partial charge on any atom is -0.377 e. The fourth-order valence-corrected chi connectivity index (χ4v) is 3.61. The lowest BCUT2D eigenvalue weighted by atomic mass is 10.1. The van der Waals surface area contributed by atoms with Crippen molar-refractivity contribution in [1.82, 2.24) is 19.9 Å². The van der Waals surface area contributed by atoms with Crippen LogP contribution in [-0.2, 0) is 0 Å². The van der Waals surface area contributed by atoms with Gasteiger partial charge in [-0.1, -0.05) is 24.3 Å². The highest BCUT2D eigenvalue weighted by atomic mass is 15.1. The van der Waals surface area contributed by atoms with Crippen molar-refractivity contribution in [2.75, 3.05) is 24.3 Å². The van der Waals surface area contributed by atoms with Crippen LogP contribution in [-0.4, -0.2) is 34.0 Å². The van der Waals surface area contributed by atoms with Crippen molar-refractivity contribution in [2.45, 2.75) is 0 Å². The predicted octanol–water partition coefficient (Wildman–Crippen LogP) is 5.50. The molecule has 3 aromatic carbocycles. The van der Waals surface area contributed by atoms with Gasteiger partial charge in [-0.15, -0.1) is 0 Å². The highest BCUT2D eigenvalue weighted by molar-refractivity contribution is 5.85. The van der Waals surface area contributed by atoms with Gasteiger partial charge in [0.2, 0.25) is 0 Å². The molecule has 2 N–H and O–H groups in total. The van der Waals surface area contributed by atoms with Gasteiger partial charge >= 0.3 is 0 Å². The summed E-state index contributed by atoms with van der Waals surface area (Å²) in [6, 6.07) is 22.6. The van der Waals surface area contributed by atoms with E-state index in [2.05, 4.69) is 43.4 Å². The quantitative estimate of drug-likeness (QED) is 0.403. The molecule has 2 aromatic heterocycles. The second kappa shape index (κ2) is 7.91. The number of benzene rings is 3. The highest BCUT2D eigenvalue weighted by Crippen LogP contribution is 2.33. The SMILES string of the molecule is CN(C)c1ccc(Nc2ccc(-c3cnccn3)cc2)cc1-c1nc2ccccc2[nH]1. The van der Waals surface area contributed by atoms with Crippen molar-refractivity contribution in [3.05, 3.63) is 85.3 Å². The molecule has 6 nitrogen and oxygen atoms in total. The molecule has 0 spiro atoms. The number of para-hydroxylation sites is 2. The van der Waals surface area contributed by atoms with E-state index in [9.17, 15) is 0 Å². The molecule has 152 valence electrons. The highest BCUT2D eigenvalue weighted by Gasteiger charge is 2.13. The number of imidazole rings is 1. The molecule has 0 aliphatic heterocycles. The smallest absolute Gasteiger partial charge is 0.140 e. The summed E-state index contributed by atoms with van der Waals surface area (Å²) in [6.07, 6.45) is 5.14. The lowest BCUT2D eigenvalue weighted by Gasteiger charge is -2.18. The summed E-state index contributed by atoms with van der Waals surface area (Å²) < 4.78 is 0. The second-order valence-corrected chi connectivity index (χ2v) is 7.52. The summed E-state index contributed by atoms with van der Waals surface area (Å²) in [6.45, 7) is 0. The lowest BCUT2D eigenvalue weighted by molar-refractivity contribution is 1.13. The van der Waals surface area contributed by atoms with E-state index >= 15 is 0 Å². The topological polar surface area (TPSA) is 69.7 Å². The van der Waals surface area contributed by atoms with Gasteiger partial charge in [0.25, 0.3) is 0 Å². The van der Waals surface area contributed by atoms with Crippen molar-refractivity contribution in [1.29, 1.82) is 0 Å². The van der Waals surface area contributed by atoms with Crippen LogP contribution in [0, 0.1) is 0 Å². The van der Waals surface area contributed by atoms with Gasteiger partial charge in [-0.05, 0) is 42.5 Å². The summed E-state index contributed by atoms with van der Waals surface area (Å²) in [5, 5.41) is 3.50. The molecule has 0 bridgehead atoms. The summed E-state index contributed by atoms with van der Waals surface area (Å²) in [4.78, 5) is 18.8. The Bertz CT molecular complexity index is 1290. The number of rotatable bonds is 5. The van der Waals surface area contributed by atoms with Gasteiger partial charge in [0.15, 0.2) is 0 Å². The number of hydrogen-bond donors (Lipinski definition) is 2. The molecule has 0 fully saturated rings. The van der Waals surface area contributed by atoms with Crippen molar-refractivity contribution < 1.29 is 0 Å². The molecule has 0 unspecified atom stereocenters. The predicted molar refractivity (Wildman–Crippen MR) is 127 cm³/mol. The molecular weight excluding hydrogens is 384 g/mol. The van der Waals surface area contributed by atoms with Crippen LogP contribution in [0.5, 0.6) is 0 Å². The van der Waals surface area contributed by atoms with E-state index in [1.807, 2.05) is 62.6 Å². The first-order chi connectivity index (χ1) is 15.2. The van der Waals surface area contributed by atoms with E-state index < -0.39 is 0 Å². The number of aromatic nitrogens is 4. The summed E-state index contributed by atoms with van der Waals surface area (Å²) in [5.41, 5.74) is 8.01. The molecule has 0 aliphatic carbocycles. The maximum Gasteiger partial charge on any atom is 0.140 e. The zero-order valence-electron chi connectivity index (χ0n) is 17.4. The zero-order valence-corrected chi connectivity index (χ0v) is 17.4. The van der Waals surface area contributed by atoms with E-state index in [1.54, 1.807) is 18.6 Å². The maximum absolute atomic E-state index is 4.80. The number of anilines is 3. The molecule has 5 rings (SSSR count). The van der Waals surface area contributed by atoms with Crippen molar-refractivity contribution in [3.63, 3.8) is 0 Å². The van der Waals surface area contributed by atoms with Crippen LogP contribution < -0.4 is 10.2 Å². The molecule has 5 aromatic rings. The van der Waals surface area contributed by atoms with E-state index in [-0.39, 0.29) is 0 Å². The van der Waals surface area contributed by atoms with Gasteiger partial charge in [0.1, 0.15) is 5.82 Å². The summed E-state index contributed by atoms with van der Waals surface area (Å²) in [7, 11) is 4.08. The first kappa shape index (κ1) is 18.8. The Labute approximate surface area is 180 Å². The van der Waals surface area contributed by atoms with Crippen LogP contribution in [0.15, 0.2) is 85.3 Å². The van der Waals surface area contributed by atoms with E-state index in [4.69, 9.17) is 4.98 Å². The summed E-state index contributed by atoms with van der Waals surface area (Å²) in [5.74, 6) is 0.853. The normalized spacial score (nSPS) is 10.9. The number of H-pyrrole nitrogens is 1.